The molecule has 1 N–H and O–H groups in total. The highest BCUT2D eigenvalue weighted by Crippen LogP contribution is 2.72. The lowest BCUT2D eigenvalue weighted by Gasteiger charge is -2.58. The molecule has 0 unspecified atom stereocenters. The Morgan fingerprint density at radius 1 is 1.21 bits per heavy atom. The number of ether oxygens (including phenoxy) is 5. The van der Waals surface area contributed by atoms with Crippen molar-refractivity contribution in [3.8, 4) is 0 Å². The van der Waals surface area contributed by atoms with E-state index in [1.165, 1.54) is 13.8 Å². The second-order valence-electron chi connectivity index (χ2n) is 10.5. The van der Waals surface area contributed by atoms with Crippen LogP contribution < -0.4 is 0 Å². The molecular formula is C24H34O9. The van der Waals surface area contributed by atoms with Crippen molar-refractivity contribution in [3.63, 3.8) is 0 Å². The van der Waals surface area contributed by atoms with E-state index < -0.39 is 58.9 Å². The quantitative estimate of drug-likeness (QED) is 0.270. The van der Waals surface area contributed by atoms with Crippen LogP contribution in [0.5, 0.6) is 0 Å². The number of carbonyl (C=O) groups excluding carboxylic acids is 3. The number of rotatable bonds is 6. The van der Waals surface area contributed by atoms with E-state index in [1.54, 1.807) is 0 Å². The predicted octanol–water partition coefficient (Wildman–Crippen LogP) is 1.69. The standard InChI is InChI=1S/C24H34O9/c1-12(2)7-18(27)32-16-9-23(10-29-14(4)25)17(8-13(16)3)33-21-19(28)20(31-15(5)26)22(23,6)24(21)11-30-24/h8,12,16-17,19-21,28H,7,9-11H2,1-6H3/t16-,17-,19-,20-,21-,22-,23-,24-/m1/s1. The van der Waals surface area contributed by atoms with Gasteiger partial charge < -0.3 is 28.8 Å². The minimum Gasteiger partial charge on any atom is -0.465 e. The van der Waals surface area contributed by atoms with Crippen LogP contribution in [0.15, 0.2) is 11.6 Å². The van der Waals surface area contributed by atoms with Crippen LogP contribution in [-0.4, -0.2) is 72.3 Å². The molecule has 4 rings (SSSR count). The first kappa shape index (κ1) is 24.2. The van der Waals surface area contributed by atoms with Gasteiger partial charge in [-0.25, -0.2) is 0 Å². The molecular weight excluding hydrogens is 432 g/mol. The zero-order valence-corrected chi connectivity index (χ0v) is 20.1. The van der Waals surface area contributed by atoms with Crippen LogP contribution in [0, 0.1) is 16.7 Å². The second-order valence-corrected chi connectivity index (χ2v) is 10.5. The number of fused-ring (bicyclic) bond motifs is 2. The number of aliphatic hydroxyl groups excluding tert-OH is 1. The summed E-state index contributed by atoms with van der Waals surface area (Å²) in [5.74, 6) is -1.18. The maximum Gasteiger partial charge on any atom is 0.306 e. The molecule has 33 heavy (non-hydrogen) atoms. The van der Waals surface area contributed by atoms with Gasteiger partial charge in [-0.1, -0.05) is 26.8 Å². The van der Waals surface area contributed by atoms with Crippen LogP contribution in [0.3, 0.4) is 0 Å². The Morgan fingerprint density at radius 3 is 2.42 bits per heavy atom. The molecule has 3 fully saturated rings. The zero-order valence-electron chi connectivity index (χ0n) is 20.1. The van der Waals surface area contributed by atoms with Crippen LogP contribution in [0.4, 0.5) is 0 Å². The monoisotopic (exact) mass is 466 g/mol. The first-order valence-corrected chi connectivity index (χ1v) is 11.5. The number of hydrogen-bond donors (Lipinski definition) is 1. The molecule has 2 bridgehead atoms. The van der Waals surface area contributed by atoms with E-state index in [0.717, 1.165) is 5.57 Å². The second kappa shape index (κ2) is 8.06. The Balaban J connectivity index is 1.79. The Kier molecular flexibility index (Phi) is 5.90. The lowest BCUT2D eigenvalue weighted by molar-refractivity contribution is -0.241. The highest BCUT2D eigenvalue weighted by molar-refractivity contribution is 5.70. The first-order chi connectivity index (χ1) is 15.4. The van der Waals surface area contributed by atoms with E-state index in [1.807, 2.05) is 33.8 Å². The topological polar surface area (TPSA) is 121 Å². The van der Waals surface area contributed by atoms with Gasteiger partial charge in [-0.15, -0.1) is 0 Å². The average Bonchev–Trinajstić information content (AvgIpc) is 3.48. The van der Waals surface area contributed by atoms with Gasteiger partial charge in [0.2, 0.25) is 0 Å². The van der Waals surface area contributed by atoms with E-state index in [0.29, 0.717) is 6.61 Å². The van der Waals surface area contributed by atoms with Gasteiger partial charge in [0.25, 0.3) is 0 Å². The molecule has 1 spiro atoms. The van der Waals surface area contributed by atoms with Crippen molar-refractivity contribution in [3.05, 3.63) is 11.6 Å². The van der Waals surface area contributed by atoms with Crippen LogP contribution in [0.25, 0.3) is 0 Å². The van der Waals surface area contributed by atoms with Gasteiger partial charge in [-0.2, -0.15) is 0 Å². The molecule has 9 heteroatoms. The summed E-state index contributed by atoms with van der Waals surface area (Å²) in [5, 5.41) is 11.2. The summed E-state index contributed by atoms with van der Waals surface area (Å²) < 4.78 is 29.4. The molecule has 0 aromatic carbocycles. The summed E-state index contributed by atoms with van der Waals surface area (Å²) in [6, 6.07) is 0. The molecule has 2 saturated heterocycles. The largest absolute Gasteiger partial charge is 0.465 e. The van der Waals surface area contributed by atoms with Gasteiger partial charge in [0.1, 0.15) is 36.6 Å². The third-order valence-electron chi connectivity index (χ3n) is 8.00. The van der Waals surface area contributed by atoms with Crippen molar-refractivity contribution in [1.29, 1.82) is 0 Å². The predicted molar refractivity (Wildman–Crippen MR) is 114 cm³/mol. The molecule has 2 aliphatic carbocycles. The Bertz CT molecular complexity index is 875. The van der Waals surface area contributed by atoms with Gasteiger partial charge in [-0.3, -0.25) is 14.4 Å². The van der Waals surface area contributed by atoms with Gasteiger partial charge in [-0.05, 0) is 18.4 Å². The third kappa shape index (κ3) is 3.51. The van der Waals surface area contributed by atoms with Crippen molar-refractivity contribution >= 4 is 17.9 Å². The fourth-order valence-corrected chi connectivity index (χ4v) is 6.26. The molecule has 2 aliphatic heterocycles. The summed E-state index contributed by atoms with van der Waals surface area (Å²) in [4.78, 5) is 36.4. The summed E-state index contributed by atoms with van der Waals surface area (Å²) in [6.07, 6.45) is -1.46. The number of hydrogen-bond acceptors (Lipinski definition) is 9. The molecule has 0 radical (unpaired) electrons. The Hall–Kier alpha value is -1.97. The molecule has 9 nitrogen and oxygen atoms in total. The average molecular weight is 467 g/mol. The maximum absolute atomic E-state index is 12.5. The fourth-order valence-electron chi connectivity index (χ4n) is 6.26. The van der Waals surface area contributed by atoms with Crippen molar-refractivity contribution in [2.24, 2.45) is 16.7 Å². The lowest BCUT2D eigenvalue weighted by atomic mass is 9.51. The molecule has 0 aromatic rings. The number of aliphatic hydroxyl groups is 1. The van der Waals surface area contributed by atoms with Crippen molar-refractivity contribution in [2.45, 2.75) is 90.5 Å². The Morgan fingerprint density at radius 2 is 1.88 bits per heavy atom. The lowest BCUT2D eigenvalue weighted by Crippen LogP contribution is -2.68. The van der Waals surface area contributed by atoms with Crippen LogP contribution in [0.2, 0.25) is 0 Å². The minimum atomic E-state index is -1.11. The number of epoxide rings is 1. The molecule has 8 atom stereocenters. The van der Waals surface area contributed by atoms with Gasteiger partial charge in [0.15, 0.2) is 0 Å². The fraction of sp³-hybridized carbons (Fsp3) is 0.792. The molecule has 0 amide bonds. The van der Waals surface area contributed by atoms with Gasteiger partial charge in [0.05, 0.1) is 23.5 Å². The minimum absolute atomic E-state index is 0.0617. The van der Waals surface area contributed by atoms with E-state index in [9.17, 15) is 19.5 Å². The zero-order chi connectivity index (χ0) is 24.3. The summed E-state index contributed by atoms with van der Waals surface area (Å²) in [5.41, 5.74) is -2.00. The van der Waals surface area contributed by atoms with Crippen molar-refractivity contribution in [2.75, 3.05) is 13.2 Å². The normalized spacial score (nSPS) is 43.0. The summed E-state index contributed by atoms with van der Waals surface area (Å²) in [6.45, 7) is 10.5. The number of esters is 3. The highest BCUT2D eigenvalue weighted by atomic mass is 16.7. The molecule has 2 heterocycles. The van der Waals surface area contributed by atoms with E-state index in [4.69, 9.17) is 23.7 Å². The maximum atomic E-state index is 12.5. The van der Waals surface area contributed by atoms with Crippen LogP contribution in [-0.2, 0) is 38.1 Å². The SMILES string of the molecule is CC(=O)OC[C@]12C[C@@H](OC(=O)CC(C)C)C(C)=C[C@H]1O[C@@H]1[C@H](O)[C@@H](OC(C)=O)[C@@]2(C)[C@@]12CO2. The van der Waals surface area contributed by atoms with E-state index >= 15 is 0 Å². The highest BCUT2D eigenvalue weighted by Gasteiger charge is 2.86. The summed E-state index contributed by atoms with van der Waals surface area (Å²) >= 11 is 0. The summed E-state index contributed by atoms with van der Waals surface area (Å²) in [7, 11) is 0. The number of carbonyl (C=O) groups is 3. The van der Waals surface area contributed by atoms with Gasteiger partial charge in [0, 0.05) is 26.7 Å². The smallest absolute Gasteiger partial charge is 0.306 e. The van der Waals surface area contributed by atoms with E-state index in [-0.39, 0.29) is 31.3 Å². The molecule has 4 aliphatic rings. The van der Waals surface area contributed by atoms with Crippen LogP contribution >= 0.6 is 0 Å². The van der Waals surface area contributed by atoms with Crippen LogP contribution in [0.1, 0.15) is 54.4 Å². The Labute approximate surface area is 193 Å². The van der Waals surface area contributed by atoms with Gasteiger partial charge >= 0.3 is 17.9 Å². The first-order valence-electron chi connectivity index (χ1n) is 11.5. The molecule has 0 aromatic heterocycles. The third-order valence-corrected chi connectivity index (χ3v) is 8.00. The molecule has 184 valence electrons. The van der Waals surface area contributed by atoms with E-state index in [2.05, 4.69) is 0 Å². The van der Waals surface area contributed by atoms with Crippen molar-refractivity contribution in [1.82, 2.24) is 0 Å². The van der Waals surface area contributed by atoms with Crippen molar-refractivity contribution < 1.29 is 43.2 Å². The molecule has 1 saturated carbocycles.